The molecule has 0 radical (unpaired) electrons. The first-order valence-corrected chi connectivity index (χ1v) is 13.4. The van der Waals surface area contributed by atoms with Crippen LogP contribution in [0.4, 0.5) is 11.4 Å². The van der Waals surface area contributed by atoms with Crippen LogP contribution in [0.25, 0.3) is 0 Å². The van der Waals surface area contributed by atoms with Crippen LogP contribution in [-0.2, 0) is 19.2 Å². The van der Waals surface area contributed by atoms with E-state index in [-0.39, 0.29) is 35.5 Å². The zero-order valence-electron chi connectivity index (χ0n) is 21.3. The van der Waals surface area contributed by atoms with Gasteiger partial charge in [0.1, 0.15) is 5.75 Å². The molecule has 2 aromatic carbocycles. The van der Waals surface area contributed by atoms with Crippen molar-refractivity contribution >= 4 is 58.2 Å². The molecule has 2 aliphatic carbocycles. The van der Waals surface area contributed by atoms with Crippen LogP contribution in [0.1, 0.15) is 29.9 Å². The molecule has 0 spiro atoms. The highest BCUT2D eigenvalue weighted by Gasteiger charge is 2.76. The minimum Gasteiger partial charge on any atom is -0.507 e. The number of carbonyl (C=O) groups is 4. The third-order valence-corrected chi connectivity index (χ3v) is 10.3. The van der Waals surface area contributed by atoms with Gasteiger partial charge < -0.3 is 5.11 Å². The number of fused-ring (bicyclic) bond motifs is 4. The molecule has 4 aliphatic rings. The molecule has 2 aliphatic heterocycles. The fourth-order valence-electron chi connectivity index (χ4n) is 7.00. The number of non-ortho nitro benzene ring substituents is 1. The van der Waals surface area contributed by atoms with Gasteiger partial charge in [-0.15, -0.1) is 23.2 Å². The van der Waals surface area contributed by atoms with Gasteiger partial charge in [-0.2, -0.15) is 0 Å². The Bertz CT molecular complexity index is 1590. The van der Waals surface area contributed by atoms with Crippen LogP contribution in [0.15, 0.2) is 54.1 Å². The highest BCUT2D eigenvalue weighted by molar-refractivity contribution is 6.53. The summed E-state index contributed by atoms with van der Waals surface area (Å²) in [5.74, 6) is -6.24. The molecular weight excluding hydrogens is 561 g/mol. The van der Waals surface area contributed by atoms with E-state index in [0.717, 1.165) is 15.9 Å². The third kappa shape index (κ3) is 3.17. The Morgan fingerprint density at radius 2 is 1.73 bits per heavy atom. The molecule has 10 nitrogen and oxygen atoms in total. The van der Waals surface area contributed by atoms with E-state index >= 15 is 0 Å². The number of likely N-dealkylation sites (tertiary alicyclic amines) is 1. The number of aromatic hydroxyl groups is 1. The molecule has 40 heavy (non-hydrogen) atoms. The van der Waals surface area contributed by atoms with E-state index in [9.17, 15) is 34.4 Å². The van der Waals surface area contributed by atoms with Gasteiger partial charge in [0.2, 0.25) is 11.8 Å². The predicted molar refractivity (Wildman–Crippen MR) is 144 cm³/mol. The number of aryl methyl sites for hydroxylation is 1. The predicted octanol–water partition coefficient (Wildman–Crippen LogP) is 3.80. The summed E-state index contributed by atoms with van der Waals surface area (Å²) in [6, 6.07) is 10.2. The van der Waals surface area contributed by atoms with Gasteiger partial charge in [0, 0.05) is 30.7 Å². The van der Waals surface area contributed by atoms with Crippen molar-refractivity contribution in [3.8, 4) is 5.75 Å². The number of hydrogen-bond acceptors (Lipinski definition) is 7. The monoisotopic (exact) mass is 583 g/mol. The first-order chi connectivity index (χ1) is 18.8. The zero-order valence-corrected chi connectivity index (χ0v) is 22.8. The van der Waals surface area contributed by atoms with Crippen LogP contribution < -0.4 is 4.90 Å². The second-order valence-corrected chi connectivity index (χ2v) is 12.0. The van der Waals surface area contributed by atoms with Crippen molar-refractivity contribution in [3.05, 3.63) is 75.4 Å². The van der Waals surface area contributed by atoms with Crippen LogP contribution in [0, 0.1) is 34.8 Å². The number of anilines is 1. The Kier molecular flexibility index (Phi) is 5.70. The van der Waals surface area contributed by atoms with E-state index in [1.165, 1.54) is 25.2 Å². The first kappa shape index (κ1) is 26.5. The molecule has 0 aromatic heterocycles. The lowest BCUT2D eigenvalue weighted by Crippen LogP contribution is -2.60. The summed E-state index contributed by atoms with van der Waals surface area (Å²) in [5, 5.41) is 22.4. The van der Waals surface area contributed by atoms with Crippen LogP contribution in [0.2, 0.25) is 0 Å². The number of nitro benzene ring substituents is 1. The molecule has 1 N–H and O–H groups in total. The number of phenolic OH excluding ortho intramolecular Hbond substituents is 1. The maximum atomic E-state index is 14.0. The van der Waals surface area contributed by atoms with Gasteiger partial charge in [0.25, 0.3) is 17.5 Å². The SMILES string of the molecule is Cc1cccc([C@H]2C3=CC[C@@H]4C(=O)N(c5cccc([N+](=O)[O-])c5)C(=O)[C@@H]4[C@@H]3C[C@@]3(Cl)C(=O)N(C)C(=O)[C@@]23Cl)c1O. The summed E-state index contributed by atoms with van der Waals surface area (Å²) in [6.45, 7) is 1.68. The molecule has 206 valence electrons. The second-order valence-electron chi connectivity index (χ2n) is 10.8. The Hall–Kier alpha value is -3.76. The summed E-state index contributed by atoms with van der Waals surface area (Å²) in [7, 11) is 1.29. The number of hydrogen-bond donors (Lipinski definition) is 1. The Morgan fingerprint density at radius 3 is 2.42 bits per heavy atom. The van der Waals surface area contributed by atoms with Crippen molar-refractivity contribution in [1.82, 2.24) is 4.90 Å². The lowest BCUT2D eigenvalue weighted by atomic mass is 9.56. The molecule has 2 heterocycles. The zero-order chi connectivity index (χ0) is 28.9. The van der Waals surface area contributed by atoms with Crippen LogP contribution >= 0.6 is 23.2 Å². The fraction of sp³-hybridized carbons (Fsp3) is 0.357. The molecule has 0 bridgehead atoms. The molecule has 2 saturated heterocycles. The minimum atomic E-state index is -1.99. The number of carbonyl (C=O) groups excluding carboxylic acids is 4. The Balaban J connectivity index is 1.52. The largest absolute Gasteiger partial charge is 0.507 e. The van der Waals surface area contributed by atoms with Crippen molar-refractivity contribution in [2.45, 2.75) is 35.4 Å². The number of amides is 4. The summed E-state index contributed by atoms with van der Waals surface area (Å²) in [4.78, 5) is 63.2. The maximum absolute atomic E-state index is 14.0. The summed E-state index contributed by atoms with van der Waals surface area (Å²) in [6.07, 6.45) is 1.71. The molecule has 12 heteroatoms. The molecule has 6 rings (SSSR count). The van der Waals surface area contributed by atoms with E-state index < -0.39 is 62.0 Å². The number of nitro groups is 1. The van der Waals surface area contributed by atoms with E-state index in [0.29, 0.717) is 11.1 Å². The molecule has 3 fully saturated rings. The summed E-state index contributed by atoms with van der Waals surface area (Å²) < 4.78 is 0. The van der Waals surface area contributed by atoms with E-state index in [4.69, 9.17) is 23.2 Å². The molecule has 0 unspecified atom stereocenters. The number of phenols is 1. The Labute approximate surface area is 238 Å². The van der Waals surface area contributed by atoms with Gasteiger partial charge in [-0.1, -0.05) is 35.9 Å². The van der Waals surface area contributed by atoms with Gasteiger partial charge >= 0.3 is 0 Å². The number of halogens is 2. The number of imide groups is 2. The van der Waals surface area contributed by atoms with Gasteiger partial charge in [0.15, 0.2) is 9.75 Å². The minimum absolute atomic E-state index is 0.0722. The number of para-hydroxylation sites is 1. The number of rotatable bonds is 3. The number of benzene rings is 2. The Morgan fingerprint density at radius 1 is 1.02 bits per heavy atom. The van der Waals surface area contributed by atoms with Gasteiger partial charge in [0.05, 0.1) is 22.4 Å². The normalized spacial score (nSPS) is 33.0. The third-order valence-electron chi connectivity index (χ3n) is 8.89. The average Bonchev–Trinajstić information content (AvgIpc) is 3.25. The molecule has 4 amide bonds. The van der Waals surface area contributed by atoms with Gasteiger partial charge in [-0.25, -0.2) is 4.90 Å². The lowest BCUT2D eigenvalue weighted by molar-refractivity contribution is -0.384. The fourth-order valence-corrected chi connectivity index (χ4v) is 8.02. The standard InChI is InChI=1S/C28H23Cl2N3O7/c1-13-5-3-8-18(22(13)34)21-16-9-10-17-20(19(16)12-27(29)25(37)31(2)26(38)28(21,27)30)24(36)32(23(17)35)14-6-4-7-15(11-14)33(39)40/h3-9,11,17,19-21,34H,10,12H2,1-2H3/t17-,19+,20-,21+,27+,28-/m0/s1. The van der Waals surface area contributed by atoms with E-state index in [1.807, 2.05) is 0 Å². The van der Waals surface area contributed by atoms with E-state index in [2.05, 4.69) is 0 Å². The average molecular weight is 584 g/mol. The summed E-state index contributed by atoms with van der Waals surface area (Å²) in [5.41, 5.74) is 1.15. The van der Waals surface area contributed by atoms with Crippen molar-refractivity contribution in [2.75, 3.05) is 11.9 Å². The van der Waals surface area contributed by atoms with Crippen molar-refractivity contribution in [1.29, 1.82) is 0 Å². The summed E-state index contributed by atoms with van der Waals surface area (Å²) >= 11 is 14.2. The molecule has 6 atom stereocenters. The van der Waals surface area contributed by atoms with Crippen molar-refractivity contribution in [2.24, 2.45) is 17.8 Å². The van der Waals surface area contributed by atoms with Gasteiger partial charge in [-0.05, 0) is 37.3 Å². The smallest absolute Gasteiger partial charge is 0.271 e. The second kappa shape index (κ2) is 8.62. The lowest BCUT2D eigenvalue weighted by Gasteiger charge is -2.50. The van der Waals surface area contributed by atoms with Crippen LogP contribution in [0.3, 0.4) is 0 Å². The van der Waals surface area contributed by atoms with Crippen LogP contribution in [-0.4, -0.2) is 55.4 Å². The van der Waals surface area contributed by atoms with Crippen molar-refractivity contribution < 1.29 is 29.2 Å². The highest BCUT2D eigenvalue weighted by Crippen LogP contribution is 2.66. The number of nitrogens with zero attached hydrogens (tertiary/aromatic N) is 3. The van der Waals surface area contributed by atoms with Crippen LogP contribution in [0.5, 0.6) is 5.75 Å². The first-order valence-electron chi connectivity index (χ1n) is 12.7. The molecule has 2 aromatic rings. The topological polar surface area (TPSA) is 138 Å². The van der Waals surface area contributed by atoms with Gasteiger partial charge in [-0.3, -0.25) is 34.2 Å². The molecule has 1 saturated carbocycles. The quantitative estimate of drug-likeness (QED) is 0.190. The number of allylic oxidation sites excluding steroid dienone is 2. The molecular formula is C28H23Cl2N3O7. The maximum Gasteiger partial charge on any atom is 0.271 e. The highest BCUT2D eigenvalue weighted by atomic mass is 35.5. The number of alkyl halides is 2. The van der Waals surface area contributed by atoms with Crippen molar-refractivity contribution in [3.63, 3.8) is 0 Å². The van der Waals surface area contributed by atoms with E-state index in [1.54, 1.807) is 31.2 Å².